The molecule has 21 heavy (non-hydrogen) atoms. The van der Waals surface area contributed by atoms with Gasteiger partial charge < -0.3 is 9.47 Å². The first-order valence-corrected chi connectivity index (χ1v) is 8.11. The maximum Gasteiger partial charge on any atom is 0.321 e. The van der Waals surface area contributed by atoms with Crippen molar-refractivity contribution < 1.29 is 27.5 Å². The van der Waals surface area contributed by atoms with E-state index in [0.29, 0.717) is 0 Å². The first-order valence-electron chi connectivity index (χ1n) is 6.46. The molecule has 7 heteroatoms. The molecule has 0 saturated carbocycles. The van der Waals surface area contributed by atoms with E-state index in [2.05, 4.69) is 4.74 Å². The molecule has 0 N–H and O–H groups in total. The van der Waals surface area contributed by atoms with Gasteiger partial charge in [-0.15, -0.1) is 0 Å². The van der Waals surface area contributed by atoms with Gasteiger partial charge in [0.15, 0.2) is 15.6 Å². The van der Waals surface area contributed by atoms with Gasteiger partial charge >= 0.3 is 11.9 Å². The van der Waals surface area contributed by atoms with Crippen molar-refractivity contribution in [1.82, 2.24) is 0 Å². The van der Waals surface area contributed by atoms with Gasteiger partial charge in [-0.2, -0.15) is 0 Å². The molecule has 0 atom stereocenters. The zero-order valence-electron chi connectivity index (χ0n) is 12.0. The Labute approximate surface area is 124 Å². The van der Waals surface area contributed by atoms with Crippen LogP contribution in [-0.2, 0) is 35.3 Å². The van der Waals surface area contributed by atoms with Gasteiger partial charge in [0.2, 0.25) is 0 Å². The molecule has 0 radical (unpaired) electrons. The van der Waals surface area contributed by atoms with E-state index >= 15 is 0 Å². The normalized spacial score (nSPS) is 11.0. The zero-order valence-corrected chi connectivity index (χ0v) is 12.8. The summed E-state index contributed by atoms with van der Waals surface area (Å²) in [6, 6.07) is 6.36. The van der Waals surface area contributed by atoms with Gasteiger partial charge in [0.25, 0.3) is 0 Å². The van der Waals surface area contributed by atoms with Crippen molar-refractivity contribution in [3.8, 4) is 0 Å². The number of carbonyl (C=O) groups is 2. The summed E-state index contributed by atoms with van der Waals surface area (Å²) in [6.45, 7) is 2.94. The van der Waals surface area contributed by atoms with E-state index in [-0.39, 0.29) is 18.1 Å². The van der Waals surface area contributed by atoms with Crippen LogP contribution in [0.2, 0.25) is 0 Å². The predicted octanol–water partition coefficient (Wildman–Crippen LogP) is 1.13. The highest BCUT2D eigenvalue weighted by atomic mass is 32.2. The molecule has 0 aliphatic heterocycles. The van der Waals surface area contributed by atoms with Gasteiger partial charge in [-0.25, -0.2) is 8.42 Å². The smallest absolute Gasteiger partial charge is 0.321 e. The first kappa shape index (κ1) is 17.2. The molecule has 116 valence electrons. The molecule has 0 aliphatic rings. The van der Waals surface area contributed by atoms with Crippen molar-refractivity contribution in [1.29, 1.82) is 0 Å². The van der Waals surface area contributed by atoms with Gasteiger partial charge in [0, 0.05) is 6.92 Å². The zero-order chi connectivity index (χ0) is 15.9. The van der Waals surface area contributed by atoms with Crippen LogP contribution < -0.4 is 0 Å². The molecule has 0 aliphatic carbocycles. The molecule has 1 rings (SSSR count). The lowest BCUT2D eigenvalue weighted by Crippen LogP contribution is -2.21. The maximum atomic E-state index is 12.0. The third-order valence-corrected chi connectivity index (χ3v) is 4.26. The monoisotopic (exact) mass is 314 g/mol. The minimum atomic E-state index is -3.72. The van der Waals surface area contributed by atoms with Crippen molar-refractivity contribution >= 4 is 21.8 Å². The van der Waals surface area contributed by atoms with Crippen LogP contribution in [0.5, 0.6) is 0 Å². The standard InChI is InChI=1S/C14H18O6S/c1-3-12-4-6-13(7-5-12)21(17,18)10-14(16)20-9-8-19-11(2)15/h4-7H,3,8-10H2,1-2H3. The van der Waals surface area contributed by atoms with Crippen LogP contribution >= 0.6 is 0 Å². The molecular weight excluding hydrogens is 296 g/mol. The molecule has 0 bridgehead atoms. The molecule has 0 unspecified atom stereocenters. The number of benzene rings is 1. The number of hydrogen-bond acceptors (Lipinski definition) is 6. The summed E-state index contributed by atoms with van der Waals surface area (Å²) in [7, 11) is -3.72. The highest BCUT2D eigenvalue weighted by Gasteiger charge is 2.20. The van der Waals surface area contributed by atoms with E-state index in [1.54, 1.807) is 12.1 Å². The van der Waals surface area contributed by atoms with E-state index in [9.17, 15) is 18.0 Å². The van der Waals surface area contributed by atoms with E-state index in [4.69, 9.17) is 4.74 Å². The second kappa shape index (κ2) is 7.78. The number of sulfone groups is 1. The Morgan fingerprint density at radius 3 is 2.14 bits per heavy atom. The summed E-state index contributed by atoms with van der Waals surface area (Å²) in [5.41, 5.74) is 1.01. The lowest BCUT2D eigenvalue weighted by Gasteiger charge is -2.07. The van der Waals surface area contributed by atoms with Crippen LogP contribution in [0, 0.1) is 0 Å². The van der Waals surface area contributed by atoms with E-state index in [0.717, 1.165) is 12.0 Å². The Bertz CT molecular complexity index is 588. The average Bonchev–Trinajstić information content (AvgIpc) is 2.43. The van der Waals surface area contributed by atoms with Crippen molar-refractivity contribution in [2.45, 2.75) is 25.2 Å². The van der Waals surface area contributed by atoms with Crippen molar-refractivity contribution in [3.63, 3.8) is 0 Å². The van der Waals surface area contributed by atoms with Crippen molar-refractivity contribution in [2.75, 3.05) is 19.0 Å². The molecule has 0 aromatic heterocycles. The second-order valence-electron chi connectivity index (χ2n) is 4.32. The Hall–Kier alpha value is -1.89. The molecular formula is C14H18O6S. The number of carbonyl (C=O) groups excluding carboxylic acids is 2. The number of hydrogen-bond donors (Lipinski definition) is 0. The summed E-state index contributed by atoms with van der Waals surface area (Å²) >= 11 is 0. The van der Waals surface area contributed by atoms with Gasteiger partial charge in [-0.05, 0) is 24.1 Å². The Balaban J connectivity index is 2.54. The lowest BCUT2D eigenvalue weighted by atomic mass is 10.2. The van der Waals surface area contributed by atoms with Crippen LogP contribution in [-0.4, -0.2) is 39.3 Å². The van der Waals surface area contributed by atoms with Crippen molar-refractivity contribution in [3.05, 3.63) is 29.8 Å². The van der Waals surface area contributed by atoms with Crippen LogP contribution in [0.3, 0.4) is 0 Å². The minimum absolute atomic E-state index is 0.0802. The number of rotatable bonds is 7. The SMILES string of the molecule is CCc1ccc(S(=O)(=O)CC(=O)OCCOC(C)=O)cc1. The molecule has 0 saturated heterocycles. The molecule has 0 fully saturated rings. The maximum absolute atomic E-state index is 12.0. The largest absolute Gasteiger partial charge is 0.462 e. The summed E-state index contributed by atoms with van der Waals surface area (Å²) in [5, 5.41) is 0. The predicted molar refractivity (Wildman–Crippen MR) is 75.5 cm³/mol. The first-order chi connectivity index (χ1) is 9.85. The fourth-order valence-corrected chi connectivity index (χ4v) is 2.66. The molecule has 0 heterocycles. The fraction of sp³-hybridized carbons (Fsp3) is 0.429. The van der Waals surface area contributed by atoms with Gasteiger partial charge in [0.05, 0.1) is 4.90 Å². The fourth-order valence-electron chi connectivity index (χ4n) is 1.55. The van der Waals surface area contributed by atoms with Gasteiger partial charge in [-0.1, -0.05) is 19.1 Å². The Kier molecular flexibility index (Phi) is 6.36. The molecule has 6 nitrogen and oxygen atoms in total. The Morgan fingerprint density at radius 2 is 1.62 bits per heavy atom. The minimum Gasteiger partial charge on any atom is -0.462 e. The highest BCUT2D eigenvalue weighted by Crippen LogP contribution is 2.13. The topological polar surface area (TPSA) is 86.7 Å². The number of ether oxygens (including phenoxy) is 2. The quantitative estimate of drug-likeness (QED) is 0.554. The molecule has 1 aromatic carbocycles. The summed E-state index contributed by atoms with van der Waals surface area (Å²) in [4.78, 5) is 22.0. The number of aryl methyl sites for hydroxylation is 1. The van der Waals surface area contributed by atoms with Gasteiger partial charge in [0.1, 0.15) is 13.2 Å². The molecule has 1 aromatic rings. The summed E-state index contributed by atoms with van der Waals surface area (Å²) < 4.78 is 33.3. The average molecular weight is 314 g/mol. The lowest BCUT2D eigenvalue weighted by molar-refractivity contribution is -0.149. The third kappa shape index (κ3) is 5.95. The Morgan fingerprint density at radius 1 is 1.05 bits per heavy atom. The van der Waals surface area contributed by atoms with Crippen LogP contribution in [0.15, 0.2) is 29.2 Å². The summed E-state index contributed by atoms with van der Waals surface area (Å²) in [6.07, 6.45) is 0.804. The second-order valence-corrected chi connectivity index (χ2v) is 6.31. The molecule has 0 spiro atoms. The summed E-state index contributed by atoms with van der Waals surface area (Å²) in [5.74, 6) is -2.10. The van der Waals surface area contributed by atoms with Crippen LogP contribution in [0.4, 0.5) is 0 Å². The van der Waals surface area contributed by atoms with E-state index < -0.39 is 27.5 Å². The van der Waals surface area contributed by atoms with Crippen LogP contribution in [0.25, 0.3) is 0 Å². The highest BCUT2D eigenvalue weighted by molar-refractivity contribution is 7.92. The van der Waals surface area contributed by atoms with E-state index in [1.807, 2.05) is 6.92 Å². The third-order valence-electron chi connectivity index (χ3n) is 2.65. The number of esters is 2. The van der Waals surface area contributed by atoms with E-state index in [1.165, 1.54) is 19.1 Å². The van der Waals surface area contributed by atoms with Crippen molar-refractivity contribution in [2.24, 2.45) is 0 Å². The molecule has 0 amide bonds. The van der Waals surface area contributed by atoms with Crippen LogP contribution in [0.1, 0.15) is 19.4 Å². The van der Waals surface area contributed by atoms with Gasteiger partial charge in [-0.3, -0.25) is 9.59 Å².